The summed E-state index contributed by atoms with van der Waals surface area (Å²) in [6, 6.07) is 14.9. The number of nitrogens with zero attached hydrogens (tertiary/aromatic N) is 12. The van der Waals surface area contributed by atoms with E-state index in [0.29, 0.717) is 35.5 Å². The zero-order chi connectivity index (χ0) is 74.6. The molecular weight excluding hydrogens is 1230 g/mol. The Bertz CT molecular complexity index is 2750. The van der Waals surface area contributed by atoms with Gasteiger partial charge in [-0.25, -0.2) is 0 Å². The standard InChI is InChI=1S/C14H29N2.C13H25N2.C13H27N2.C13H21N2.C13H26N.C12H21N2.C10H22N/c1-12(2)15-10-14(11-15)6-8-16(5,9-7-14)13(3)4;1-10(2)14-6-12-8-15(5,11(3)4)9-13(12)7-14;1-10(2)14-8-6-13-12(14)7-9-15(13,5)11(3)4;1-10(2)14-8-5-6-12-13(14)7-9-15(12)11(3)4;1-11(2)13-5-8-14(9-6-13,10-7-13)12(3)4;1-9(2)11-8-14(10(3)4)13-7-5-6-12(11)13;1-9(2)11(10(3)4)7-5-6-8-11/h12-13H,6-11H2,1-5H3;10-11H,6-9H2,1-5H3;10-13H,6-9H2,1-5H3;5-6,8,10-11H,7,9H2,1-4H3;11-12H,5-10H2,1-4H3;8-10H,5-7H2,1-4H3;9-10H,5-8H2,1-4H3/q7*+1. The number of likely N-dealkylation sites (tertiary alicyclic amines) is 5. The van der Waals surface area contributed by atoms with Gasteiger partial charge in [-0.05, 0) is 202 Å². The van der Waals surface area contributed by atoms with Gasteiger partial charge in [0, 0.05) is 149 Å². The van der Waals surface area contributed by atoms with Crippen molar-refractivity contribution in [1.29, 1.82) is 0 Å². The van der Waals surface area contributed by atoms with Crippen LogP contribution in [-0.4, -0.2) is 240 Å². The highest BCUT2D eigenvalue weighted by Crippen LogP contribution is 2.50. The van der Waals surface area contributed by atoms with Crippen LogP contribution in [0.1, 0.15) is 293 Å². The topological polar surface area (TPSA) is 25.6 Å². The third-order valence-electron chi connectivity index (χ3n) is 30.0. The minimum Gasteiger partial charge on any atom is -0.363 e. The van der Waals surface area contributed by atoms with E-state index in [1.165, 1.54) is 222 Å². The Labute approximate surface area is 621 Å². The molecule has 12 aliphatic rings. The van der Waals surface area contributed by atoms with E-state index in [0.717, 1.165) is 71.8 Å². The summed E-state index contributed by atoms with van der Waals surface area (Å²) < 4.78 is 13.9. The molecule has 8 saturated heterocycles. The second-order valence-corrected chi connectivity index (χ2v) is 39.8. The van der Waals surface area contributed by atoms with E-state index in [9.17, 15) is 0 Å². The molecule has 1 spiro atoms. The van der Waals surface area contributed by atoms with Crippen molar-refractivity contribution in [2.75, 3.05) is 131 Å². The molecule has 0 N–H and O–H groups in total. The van der Waals surface area contributed by atoms with Gasteiger partial charge in [-0.2, -0.15) is 9.25 Å². The van der Waals surface area contributed by atoms with Gasteiger partial charge in [0.2, 0.25) is 5.69 Å². The lowest BCUT2D eigenvalue weighted by molar-refractivity contribution is -0.964. The third kappa shape index (κ3) is 18.7. The lowest BCUT2D eigenvalue weighted by Crippen LogP contribution is -2.66. The smallest absolute Gasteiger partial charge is 0.206 e. The summed E-state index contributed by atoms with van der Waals surface area (Å²) in [5.74, 6) is 1.56. The molecule has 100 heavy (non-hydrogen) atoms. The van der Waals surface area contributed by atoms with Crippen LogP contribution in [0.5, 0.6) is 0 Å². The van der Waals surface area contributed by atoms with Gasteiger partial charge in [0.05, 0.1) is 134 Å². The maximum Gasteiger partial charge on any atom is 0.206 e. The number of hydrogen-bond donors (Lipinski definition) is 0. The van der Waals surface area contributed by atoms with Gasteiger partial charge in [-0.3, -0.25) is 14.7 Å². The van der Waals surface area contributed by atoms with Crippen molar-refractivity contribution >= 4 is 5.69 Å². The molecule has 14 rings (SSSR count). The first-order chi connectivity index (χ1) is 46.6. The van der Waals surface area contributed by atoms with Crippen LogP contribution in [-0.2, 0) is 19.4 Å². The van der Waals surface area contributed by atoms with Crippen molar-refractivity contribution < 1.29 is 31.7 Å². The summed E-state index contributed by atoms with van der Waals surface area (Å²) in [4.78, 5) is 10.4. The maximum atomic E-state index is 2.73. The normalized spacial score (nSPS) is 27.7. The number of fused-ring (bicyclic) bond motifs is 6. The Morgan fingerprint density at radius 1 is 0.490 bits per heavy atom. The van der Waals surface area contributed by atoms with E-state index >= 15 is 0 Å². The third-order valence-corrected chi connectivity index (χ3v) is 30.0. The van der Waals surface area contributed by atoms with Gasteiger partial charge in [0.15, 0.2) is 24.5 Å². The van der Waals surface area contributed by atoms with E-state index < -0.39 is 0 Å². The minimum absolute atomic E-state index is 0.562. The van der Waals surface area contributed by atoms with Crippen LogP contribution in [0, 0.1) is 16.7 Å². The van der Waals surface area contributed by atoms with Crippen molar-refractivity contribution in [2.24, 2.45) is 16.7 Å². The summed E-state index contributed by atoms with van der Waals surface area (Å²) >= 11 is 0. The molecule has 3 unspecified atom stereocenters. The van der Waals surface area contributed by atoms with Crippen LogP contribution in [0.4, 0.5) is 5.69 Å². The molecule has 8 fully saturated rings. The van der Waals surface area contributed by atoms with Gasteiger partial charge in [-0.15, -0.1) is 4.68 Å². The van der Waals surface area contributed by atoms with Gasteiger partial charge in [0.25, 0.3) is 0 Å². The van der Waals surface area contributed by atoms with Gasteiger partial charge in [0.1, 0.15) is 24.8 Å². The molecule has 0 saturated carbocycles. The molecule has 0 radical (unpaired) electrons. The molecule has 576 valence electrons. The molecule has 2 aromatic rings. The van der Waals surface area contributed by atoms with Crippen molar-refractivity contribution in [3.63, 3.8) is 0 Å². The minimum atomic E-state index is 0.562. The van der Waals surface area contributed by atoms with Crippen molar-refractivity contribution in [3.05, 3.63) is 52.6 Å². The van der Waals surface area contributed by atoms with Crippen molar-refractivity contribution in [1.82, 2.24) is 19.4 Å². The van der Waals surface area contributed by atoms with Crippen LogP contribution in [0.15, 0.2) is 35.7 Å². The Morgan fingerprint density at radius 3 is 1.45 bits per heavy atom. The van der Waals surface area contributed by atoms with E-state index in [1.54, 1.807) is 22.4 Å². The summed E-state index contributed by atoms with van der Waals surface area (Å²) in [6.45, 7) is 88.3. The fourth-order valence-electron chi connectivity index (χ4n) is 20.8. The zero-order valence-electron chi connectivity index (χ0n) is 72.4. The average molecular weight is 1400 g/mol. The van der Waals surface area contributed by atoms with Crippen LogP contribution in [0.2, 0.25) is 0 Å². The average Bonchev–Trinajstić information content (AvgIpc) is 1.21. The second kappa shape index (κ2) is 34.6. The number of hydrogen-bond acceptors (Lipinski definition) is 4. The molecule has 14 heterocycles. The second-order valence-electron chi connectivity index (χ2n) is 39.8. The number of quaternary nitrogens is 5. The summed E-state index contributed by atoms with van der Waals surface area (Å²) in [6.07, 6.45) is 21.4. The Kier molecular flexibility index (Phi) is 29.4. The Balaban J connectivity index is 0.000000164. The van der Waals surface area contributed by atoms with Crippen molar-refractivity contribution in [2.45, 2.75) is 368 Å². The predicted molar refractivity (Wildman–Crippen MR) is 430 cm³/mol. The molecule has 12 aliphatic heterocycles. The highest BCUT2D eigenvalue weighted by Gasteiger charge is 2.54. The van der Waals surface area contributed by atoms with Crippen LogP contribution < -0.4 is 14.1 Å². The highest BCUT2D eigenvalue weighted by molar-refractivity contribution is 5.53. The molecule has 12 heteroatoms. The number of pyridine rings is 1. The summed E-state index contributed by atoms with van der Waals surface area (Å²) in [7, 11) is 7.32. The zero-order valence-corrected chi connectivity index (χ0v) is 72.4. The lowest BCUT2D eigenvalue weighted by atomic mass is 9.64. The quantitative estimate of drug-likeness (QED) is 0.107. The number of rotatable bonds is 14. The highest BCUT2D eigenvalue weighted by atomic mass is 15.5. The maximum absolute atomic E-state index is 2.73. The summed E-state index contributed by atoms with van der Waals surface area (Å²) in [5, 5.41) is 0. The molecule has 0 amide bonds. The monoisotopic (exact) mass is 1400 g/mol. The van der Waals surface area contributed by atoms with Gasteiger partial charge in [-0.1, -0.05) is 27.7 Å². The molecular formula is C88H171N12+7. The lowest BCUT2D eigenvalue weighted by Gasteiger charge is -2.58. The molecule has 0 aromatic carbocycles. The molecule has 2 aromatic heterocycles. The van der Waals surface area contributed by atoms with E-state index in [1.807, 2.05) is 0 Å². The molecule has 2 bridgehead atoms. The predicted octanol–water partition coefficient (Wildman–Crippen LogP) is 16.5. The molecule has 12 nitrogen and oxygen atoms in total. The summed E-state index contributed by atoms with van der Waals surface area (Å²) in [5.41, 5.74) is 11.0. The largest absolute Gasteiger partial charge is 0.363 e. The number of anilines is 1. The SMILES string of the molecule is CC(C)C12CC[N+](C(C)C)(CC1)CC2.CC(C)N1CC2(CC[N+](C)(C(C)C)CC2)C1.CC(C)N1CC2=C(C1)C[N+](C)(C(C)C)C2.CC(C)N1CCC2C1CC[N+]2(C)C(C)C.CC(C)N1CCc2c1ccc[n+]2C(C)C.CC(C)[N+]1(C(C)C)CCCC1.CC(C)c1c[n+](C(C)C)n2c1CCC2. The number of piperidine rings is 4. The Morgan fingerprint density at radius 2 is 1.03 bits per heavy atom. The van der Waals surface area contributed by atoms with E-state index in [4.69, 9.17) is 0 Å². The number of aromatic nitrogens is 3. The van der Waals surface area contributed by atoms with E-state index in [2.05, 4.69) is 273 Å². The number of likely N-dealkylation sites (N-methyl/N-ethyl adjacent to an activating group) is 2. The molecule has 0 aliphatic carbocycles. The first kappa shape index (κ1) is 84.8. The molecule has 3 atom stereocenters. The Hall–Kier alpha value is -2.42. The first-order valence-electron chi connectivity index (χ1n) is 42.7. The van der Waals surface area contributed by atoms with Crippen LogP contribution in [0.3, 0.4) is 0 Å². The fraction of sp³-hybridized carbons (Fsp3) is 0.886. The van der Waals surface area contributed by atoms with E-state index in [-0.39, 0.29) is 0 Å². The van der Waals surface area contributed by atoms with Gasteiger partial charge >= 0.3 is 0 Å². The van der Waals surface area contributed by atoms with Crippen LogP contribution >= 0.6 is 0 Å². The van der Waals surface area contributed by atoms with Crippen molar-refractivity contribution in [3.8, 4) is 0 Å². The van der Waals surface area contributed by atoms with Crippen LogP contribution in [0.25, 0.3) is 0 Å². The first-order valence-corrected chi connectivity index (χ1v) is 42.7. The fourth-order valence-corrected chi connectivity index (χ4v) is 20.8. The van der Waals surface area contributed by atoms with Gasteiger partial charge < -0.3 is 27.3 Å².